The molecule has 102 valence electrons. The average molecular weight is 256 g/mol. The fourth-order valence-electron chi connectivity index (χ4n) is 2.83. The number of Topliss-reactive ketones (excluding diaryl/α,β-unsaturated/α-hetero) is 1. The van der Waals surface area contributed by atoms with Crippen molar-refractivity contribution in [2.75, 3.05) is 0 Å². The lowest BCUT2D eigenvalue weighted by Crippen LogP contribution is -2.13. The molecular weight excluding hydrogens is 232 g/mol. The highest BCUT2D eigenvalue weighted by molar-refractivity contribution is 5.80. The van der Waals surface area contributed by atoms with Crippen LogP contribution in [0.25, 0.3) is 5.57 Å². The van der Waals surface area contributed by atoms with Crippen LogP contribution in [0.5, 0.6) is 0 Å². The Balaban J connectivity index is 2.14. The third kappa shape index (κ3) is 4.34. The van der Waals surface area contributed by atoms with E-state index in [4.69, 9.17) is 0 Å². The molecule has 1 heteroatoms. The SMILES string of the molecule is CCCC/C(=C/C1CCCC(=O)C1)c1ccccc1. The molecule has 0 amide bonds. The maximum atomic E-state index is 11.6. The molecule has 0 aromatic heterocycles. The lowest BCUT2D eigenvalue weighted by atomic mass is 9.85. The van der Waals surface area contributed by atoms with Crippen LogP contribution < -0.4 is 0 Å². The van der Waals surface area contributed by atoms with E-state index in [0.717, 1.165) is 25.7 Å². The molecule has 1 aromatic rings. The number of hydrogen-bond donors (Lipinski definition) is 0. The fourth-order valence-corrected chi connectivity index (χ4v) is 2.83. The van der Waals surface area contributed by atoms with Crippen molar-refractivity contribution in [2.24, 2.45) is 5.92 Å². The Kier molecular flexibility index (Phi) is 5.38. The van der Waals surface area contributed by atoms with Gasteiger partial charge in [0.05, 0.1) is 0 Å². The summed E-state index contributed by atoms with van der Waals surface area (Å²) in [5, 5.41) is 0. The van der Waals surface area contributed by atoms with Gasteiger partial charge in [-0.25, -0.2) is 0 Å². The van der Waals surface area contributed by atoms with E-state index >= 15 is 0 Å². The van der Waals surface area contributed by atoms with Gasteiger partial charge in [0.2, 0.25) is 0 Å². The summed E-state index contributed by atoms with van der Waals surface area (Å²) >= 11 is 0. The molecule has 0 N–H and O–H groups in total. The van der Waals surface area contributed by atoms with Gasteiger partial charge in [-0.15, -0.1) is 0 Å². The fraction of sp³-hybridized carbons (Fsp3) is 0.500. The molecule has 1 saturated carbocycles. The quantitative estimate of drug-likeness (QED) is 0.723. The molecule has 1 unspecified atom stereocenters. The molecule has 1 aliphatic carbocycles. The zero-order valence-corrected chi connectivity index (χ0v) is 11.9. The van der Waals surface area contributed by atoms with Crippen molar-refractivity contribution in [3.63, 3.8) is 0 Å². The molecule has 0 radical (unpaired) electrons. The van der Waals surface area contributed by atoms with E-state index in [1.165, 1.54) is 30.4 Å². The summed E-state index contributed by atoms with van der Waals surface area (Å²) in [7, 11) is 0. The molecule has 0 saturated heterocycles. The highest BCUT2D eigenvalue weighted by atomic mass is 16.1. The number of hydrogen-bond acceptors (Lipinski definition) is 1. The molecule has 1 fully saturated rings. The highest BCUT2D eigenvalue weighted by Crippen LogP contribution is 2.28. The zero-order chi connectivity index (χ0) is 13.5. The average Bonchev–Trinajstić information content (AvgIpc) is 2.44. The summed E-state index contributed by atoms with van der Waals surface area (Å²) in [6.45, 7) is 2.23. The Labute approximate surface area is 116 Å². The van der Waals surface area contributed by atoms with Crippen LogP contribution in [0.4, 0.5) is 0 Å². The predicted octanol–water partition coefficient (Wildman–Crippen LogP) is 5.02. The van der Waals surface area contributed by atoms with Gasteiger partial charge in [0, 0.05) is 12.8 Å². The van der Waals surface area contributed by atoms with E-state index < -0.39 is 0 Å². The molecule has 1 aromatic carbocycles. The van der Waals surface area contributed by atoms with E-state index in [2.05, 4.69) is 43.3 Å². The van der Waals surface area contributed by atoms with Crippen molar-refractivity contribution >= 4 is 11.4 Å². The van der Waals surface area contributed by atoms with Crippen LogP contribution in [-0.2, 0) is 4.79 Å². The van der Waals surface area contributed by atoms with E-state index in [1.54, 1.807) is 0 Å². The van der Waals surface area contributed by atoms with Crippen LogP contribution in [0.3, 0.4) is 0 Å². The molecule has 0 heterocycles. The summed E-state index contributed by atoms with van der Waals surface area (Å²) in [6.07, 6.45) is 9.73. The molecule has 1 atom stereocenters. The maximum absolute atomic E-state index is 11.6. The Hall–Kier alpha value is -1.37. The van der Waals surface area contributed by atoms with Crippen LogP contribution in [0.1, 0.15) is 57.4 Å². The van der Waals surface area contributed by atoms with Gasteiger partial charge >= 0.3 is 0 Å². The van der Waals surface area contributed by atoms with Crippen molar-refractivity contribution in [3.8, 4) is 0 Å². The number of carbonyl (C=O) groups excluding carboxylic acids is 1. The van der Waals surface area contributed by atoms with E-state index in [9.17, 15) is 4.79 Å². The summed E-state index contributed by atoms with van der Waals surface area (Å²) in [5.41, 5.74) is 2.76. The minimum Gasteiger partial charge on any atom is -0.300 e. The number of benzene rings is 1. The normalized spacial score (nSPS) is 20.6. The second kappa shape index (κ2) is 7.28. The van der Waals surface area contributed by atoms with Gasteiger partial charge in [-0.1, -0.05) is 49.8 Å². The lowest BCUT2D eigenvalue weighted by Gasteiger charge is -2.19. The Morgan fingerprint density at radius 1 is 1.32 bits per heavy atom. The van der Waals surface area contributed by atoms with Gasteiger partial charge in [0.25, 0.3) is 0 Å². The largest absolute Gasteiger partial charge is 0.300 e. The topological polar surface area (TPSA) is 17.1 Å². The van der Waals surface area contributed by atoms with Crippen LogP contribution in [0.2, 0.25) is 0 Å². The summed E-state index contributed by atoms with van der Waals surface area (Å²) in [6, 6.07) is 10.6. The van der Waals surface area contributed by atoms with Gasteiger partial charge in [0.1, 0.15) is 5.78 Å². The van der Waals surface area contributed by atoms with Gasteiger partial charge in [-0.3, -0.25) is 4.79 Å². The van der Waals surface area contributed by atoms with E-state index in [1.807, 2.05) is 0 Å². The van der Waals surface area contributed by atoms with Crippen molar-refractivity contribution in [1.82, 2.24) is 0 Å². The molecule has 0 bridgehead atoms. The molecule has 0 aliphatic heterocycles. The third-order valence-corrected chi connectivity index (χ3v) is 3.90. The first-order valence-electron chi connectivity index (χ1n) is 7.57. The summed E-state index contributed by atoms with van der Waals surface area (Å²) in [5.74, 6) is 0.906. The van der Waals surface area contributed by atoms with Gasteiger partial charge in [0.15, 0.2) is 0 Å². The van der Waals surface area contributed by atoms with Gasteiger partial charge in [-0.2, -0.15) is 0 Å². The van der Waals surface area contributed by atoms with Crippen LogP contribution in [0.15, 0.2) is 36.4 Å². The molecule has 2 rings (SSSR count). The Bertz CT molecular complexity index is 430. The molecule has 1 nitrogen and oxygen atoms in total. The summed E-state index contributed by atoms with van der Waals surface area (Å²) < 4.78 is 0. The van der Waals surface area contributed by atoms with E-state index in [-0.39, 0.29) is 0 Å². The molecule has 19 heavy (non-hydrogen) atoms. The number of unbranched alkanes of at least 4 members (excludes halogenated alkanes) is 1. The van der Waals surface area contributed by atoms with Crippen LogP contribution in [-0.4, -0.2) is 5.78 Å². The number of ketones is 1. The third-order valence-electron chi connectivity index (χ3n) is 3.90. The number of allylic oxidation sites excluding steroid dienone is 2. The Morgan fingerprint density at radius 2 is 2.11 bits per heavy atom. The first-order chi connectivity index (χ1) is 9.29. The first-order valence-corrected chi connectivity index (χ1v) is 7.57. The summed E-state index contributed by atoms with van der Waals surface area (Å²) in [4.78, 5) is 11.6. The van der Waals surface area contributed by atoms with Crippen LogP contribution in [0, 0.1) is 5.92 Å². The van der Waals surface area contributed by atoms with Crippen molar-refractivity contribution < 1.29 is 4.79 Å². The van der Waals surface area contributed by atoms with Crippen molar-refractivity contribution in [3.05, 3.63) is 42.0 Å². The van der Waals surface area contributed by atoms with E-state index in [0.29, 0.717) is 11.7 Å². The van der Waals surface area contributed by atoms with Crippen LogP contribution >= 0.6 is 0 Å². The first kappa shape index (κ1) is 14.0. The molecular formula is C18H24O. The van der Waals surface area contributed by atoms with Crippen molar-refractivity contribution in [1.29, 1.82) is 0 Å². The zero-order valence-electron chi connectivity index (χ0n) is 11.9. The minimum absolute atomic E-state index is 0.440. The molecule has 0 spiro atoms. The second-order valence-corrected chi connectivity index (χ2v) is 5.56. The maximum Gasteiger partial charge on any atom is 0.133 e. The smallest absolute Gasteiger partial charge is 0.133 e. The molecule has 1 aliphatic rings. The van der Waals surface area contributed by atoms with Gasteiger partial charge < -0.3 is 0 Å². The van der Waals surface area contributed by atoms with Crippen molar-refractivity contribution in [2.45, 2.75) is 51.9 Å². The number of carbonyl (C=O) groups is 1. The Morgan fingerprint density at radius 3 is 2.79 bits per heavy atom. The van der Waals surface area contributed by atoms with Gasteiger partial charge in [-0.05, 0) is 42.7 Å². The minimum atomic E-state index is 0.440. The number of rotatable bonds is 5. The standard InChI is InChI=1S/C18H24O/c1-2-3-9-17(16-10-5-4-6-11-16)13-15-8-7-12-18(19)14-15/h4-6,10-11,13,15H,2-3,7-9,12,14H2,1H3/b17-13-. The lowest BCUT2D eigenvalue weighted by molar-refractivity contribution is -0.121. The monoisotopic (exact) mass is 256 g/mol. The predicted molar refractivity (Wildman–Crippen MR) is 80.9 cm³/mol. The highest BCUT2D eigenvalue weighted by Gasteiger charge is 2.18. The second-order valence-electron chi connectivity index (χ2n) is 5.56.